The van der Waals surface area contributed by atoms with Crippen molar-refractivity contribution in [3.8, 4) is 17.1 Å². The lowest BCUT2D eigenvalue weighted by Crippen LogP contribution is -2.52. The molecule has 0 bridgehead atoms. The first-order valence-electron chi connectivity index (χ1n) is 13.9. The molecule has 10 radical (unpaired) electrons. The molecule has 0 aliphatic heterocycles. The summed E-state index contributed by atoms with van der Waals surface area (Å²) in [6.07, 6.45) is 0.839. The van der Waals surface area contributed by atoms with Gasteiger partial charge in [0.2, 0.25) is 0 Å². The predicted molar refractivity (Wildman–Crippen MR) is 161 cm³/mol. The van der Waals surface area contributed by atoms with Gasteiger partial charge in [-0.15, -0.1) is 5.11 Å². The van der Waals surface area contributed by atoms with Crippen molar-refractivity contribution in [1.29, 1.82) is 0 Å². The van der Waals surface area contributed by atoms with Gasteiger partial charge in [0.1, 0.15) is 17.6 Å². The van der Waals surface area contributed by atoms with Gasteiger partial charge in [-0.2, -0.15) is 23.4 Å². The van der Waals surface area contributed by atoms with Gasteiger partial charge < -0.3 is 20.3 Å². The van der Waals surface area contributed by atoms with E-state index in [2.05, 4.69) is 20.4 Å². The minimum atomic E-state index is -4.88. The lowest BCUT2D eigenvalue weighted by atomic mass is 9.26. The van der Waals surface area contributed by atoms with Crippen molar-refractivity contribution in [3.63, 3.8) is 0 Å². The molecule has 0 amide bonds. The summed E-state index contributed by atoms with van der Waals surface area (Å²) in [7, 11) is 29.1. The second-order valence-corrected chi connectivity index (χ2v) is 11.1. The highest BCUT2D eigenvalue weighted by Crippen LogP contribution is 2.38. The quantitative estimate of drug-likeness (QED) is 0.183. The van der Waals surface area contributed by atoms with Crippen LogP contribution in [0.5, 0.6) is 5.88 Å². The first kappa shape index (κ1) is 32.9. The fourth-order valence-corrected chi connectivity index (χ4v) is 5.06. The van der Waals surface area contributed by atoms with E-state index in [1.807, 2.05) is 0 Å². The van der Waals surface area contributed by atoms with E-state index >= 15 is 0 Å². The third-order valence-corrected chi connectivity index (χ3v) is 7.59. The van der Waals surface area contributed by atoms with Gasteiger partial charge in [0, 0.05) is 35.6 Å². The number of hydrogen-bond acceptors (Lipinski definition) is 8. The van der Waals surface area contributed by atoms with Crippen molar-refractivity contribution in [1.82, 2.24) is 29.5 Å². The number of ether oxygens (including phenoxy) is 1. The molecule has 0 saturated heterocycles. The molecular formula is C26H24B5F4N7O3. The Morgan fingerprint density at radius 3 is 2.42 bits per heavy atom. The number of anilines is 1. The molecule has 5 rings (SSSR count). The zero-order valence-corrected chi connectivity index (χ0v) is 23.8. The second-order valence-electron chi connectivity index (χ2n) is 11.1. The number of aliphatic hydroxyl groups is 2. The molecule has 10 nitrogen and oxygen atoms in total. The number of aliphatic hydroxyl groups excluding tert-OH is 2. The van der Waals surface area contributed by atoms with E-state index in [1.165, 1.54) is 10.9 Å². The normalized spacial score (nSPS) is 18.6. The molecule has 1 saturated carbocycles. The fourth-order valence-electron chi connectivity index (χ4n) is 5.06. The molecule has 19 heteroatoms. The number of fused-ring (bicyclic) bond motifs is 1. The summed E-state index contributed by atoms with van der Waals surface area (Å²) in [5.74, 6) is -2.06. The van der Waals surface area contributed by atoms with E-state index in [4.69, 9.17) is 49.1 Å². The maximum atomic E-state index is 14.5. The summed E-state index contributed by atoms with van der Waals surface area (Å²) in [4.78, 5) is 8.05. The average molecular weight is 613 g/mol. The van der Waals surface area contributed by atoms with E-state index in [9.17, 15) is 27.8 Å². The third-order valence-electron chi connectivity index (χ3n) is 7.59. The highest BCUT2D eigenvalue weighted by atomic mass is 19.4. The van der Waals surface area contributed by atoms with Gasteiger partial charge in [0.25, 0.3) is 5.88 Å². The van der Waals surface area contributed by atoms with Gasteiger partial charge in [-0.05, 0) is 31.7 Å². The molecule has 3 N–H and O–H groups in total. The maximum absolute atomic E-state index is 14.5. The molecule has 4 aromatic heterocycles. The van der Waals surface area contributed by atoms with Crippen LogP contribution in [0.25, 0.3) is 22.2 Å². The molecule has 0 spiro atoms. The molecule has 1 aliphatic carbocycles. The average Bonchev–Trinajstić information content (AvgIpc) is 3.57. The standard InChI is InChI=1S/C26H24B5F4N7O3/c27-25(28,29)26(30,31)39-20-7-19-17(9-37-20)22(13-8-38-41(10-13)11-15(44)12-43)40-42(19)14-1-3-16(4-2-14)45-23-21(32)18(5-6-36-23)24(33,34)35/h5-10,14-16,43-44H,1-4,11-12H2,(H,37,39)/t14?,15-,16?/m1/s1. The Bertz CT molecular complexity index is 1660. The molecule has 4 heterocycles. The summed E-state index contributed by atoms with van der Waals surface area (Å²) in [5, 5.41) is 27.5. The van der Waals surface area contributed by atoms with E-state index < -0.39 is 52.7 Å². The van der Waals surface area contributed by atoms with Crippen LogP contribution >= 0.6 is 0 Å². The summed E-state index contributed by atoms with van der Waals surface area (Å²) >= 11 is 0. The van der Waals surface area contributed by atoms with Crippen LogP contribution in [-0.4, -0.2) is 103 Å². The molecule has 4 aromatic rings. The van der Waals surface area contributed by atoms with Gasteiger partial charge in [0.15, 0.2) is 5.82 Å². The Morgan fingerprint density at radius 2 is 1.78 bits per heavy atom. The number of alkyl halides is 3. The van der Waals surface area contributed by atoms with Crippen molar-refractivity contribution >= 4 is 56.0 Å². The van der Waals surface area contributed by atoms with Crippen molar-refractivity contribution in [3.05, 3.63) is 48.3 Å². The van der Waals surface area contributed by atoms with Gasteiger partial charge >= 0.3 is 6.18 Å². The van der Waals surface area contributed by atoms with E-state index in [1.54, 1.807) is 23.1 Å². The lowest BCUT2D eigenvalue weighted by Gasteiger charge is -2.43. The Morgan fingerprint density at radius 1 is 1.07 bits per heavy atom. The summed E-state index contributed by atoms with van der Waals surface area (Å²) in [6.45, 7) is -0.379. The second kappa shape index (κ2) is 12.4. The number of halogens is 4. The molecule has 45 heavy (non-hydrogen) atoms. The summed E-state index contributed by atoms with van der Waals surface area (Å²) in [6, 6.07) is 1.99. The predicted octanol–water partition coefficient (Wildman–Crippen LogP) is 1.75. The number of pyridine rings is 2. The monoisotopic (exact) mass is 613 g/mol. The highest BCUT2D eigenvalue weighted by Gasteiger charge is 2.37. The Kier molecular flexibility index (Phi) is 9.06. The Hall–Kier alpha value is -3.46. The van der Waals surface area contributed by atoms with Gasteiger partial charge in [-0.3, -0.25) is 9.36 Å². The Balaban J connectivity index is 1.43. The molecule has 1 atom stereocenters. The van der Waals surface area contributed by atoms with Crippen LogP contribution in [-0.2, 0) is 12.7 Å². The van der Waals surface area contributed by atoms with Gasteiger partial charge in [-0.25, -0.2) is 14.4 Å². The van der Waals surface area contributed by atoms with Crippen LogP contribution in [0.1, 0.15) is 37.3 Å². The van der Waals surface area contributed by atoms with E-state index in [-0.39, 0.29) is 18.4 Å². The summed E-state index contributed by atoms with van der Waals surface area (Å²) < 4.78 is 62.8. The van der Waals surface area contributed by atoms with Crippen molar-refractivity contribution < 1.29 is 32.5 Å². The number of nitrogens with zero attached hydrogens (tertiary/aromatic N) is 6. The number of hydrogen-bond donors (Lipinski definition) is 3. The zero-order chi connectivity index (χ0) is 32.7. The largest absolute Gasteiger partial charge is 0.472 e. The SMILES string of the molecule is [B]C([B])([B])C([B])([B])Nc1cc2c(cn1)c(-c1cnn(C[C@@H](O)CO)c1)nn2C1CCC(Oc2nccc(C(F)(F)F)c2F)CC1. The summed E-state index contributed by atoms with van der Waals surface area (Å²) in [5.41, 5.74) is 0.276. The minimum absolute atomic E-state index is 0.0564. The fraction of sp³-hybridized carbons (Fsp3) is 0.462. The van der Waals surface area contributed by atoms with Crippen LogP contribution < -0.4 is 10.1 Å². The highest BCUT2D eigenvalue weighted by molar-refractivity contribution is 6.67. The first-order chi connectivity index (χ1) is 21.1. The zero-order valence-electron chi connectivity index (χ0n) is 23.8. The minimum Gasteiger partial charge on any atom is -0.472 e. The molecule has 224 valence electrons. The smallest absolute Gasteiger partial charge is 0.419 e. The van der Waals surface area contributed by atoms with Crippen molar-refractivity contribution in [2.75, 3.05) is 11.9 Å². The third kappa shape index (κ3) is 7.03. The van der Waals surface area contributed by atoms with Gasteiger partial charge in [-0.1, -0.05) is 5.34 Å². The molecule has 1 fully saturated rings. The molecular weight excluding hydrogens is 588 g/mol. The van der Waals surface area contributed by atoms with Crippen molar-refractivity contribution in [2.45, 2.75) is 67.1 Å². The van der Waals surface area contributed by atoms with Crippen LogP contribution in [0.2, 0.25) is 5.11 Å². The van der Waals surface area contributed by atoms with Crippen LogP contribution in [0, 0.1) is 5.82 Å². The van der Waals surface area contributed by atoms with E-state index in [0.717, 1.165) is 6.20 Å². The first-order valence-corrected chi connectivity index (χ1v) is 13.9. The van der Waals surface area contributed by atoms with Crippen LogP contribution in [0.4, 0.5) is 23.4 Å². The number of aromatic nitrogens is 6. The lowest BCUT2D eigenvalue weighted by molar-refractivity contribution is -0.140. The maximum Gasteiger partial charge on any atom is 0.419 e. The van der Waals surface area contributed by atoms with Crippen molar-refractivity contribution in [2.24, 2.45) is 0 Å². The molecule has 0 unspecified atom stereocenters. The molecule has 1 aliphatic rings. The topological polar surface area (TPSA) is 123 Å². The molecule has 0 aromatic carbocycles. The van der Waals surface area contributed by atoms with E-state index in [0.29, 0.717) is 53.9 Å². The van der Waals surface area contributed by atoms with Gasteiger partial charge in [0.05, 0.1) is 81.8 Å². The Labute approximate surface area is 262 Å². The van der Waals surface area contributed by atoms with Crippen LogP contribution in [0.15, 0.2) is 36.9 Å². The van der Waals surface area contributed by atoms with Crippen LogP contribution in [0.3, 0.4) is 0 Å². The number of rotatable bonds is 10. The number of nitrogens with one attached hydrogen (secondary N) is 1.